The van der Waals surface area contributed by atoms with E-state index >= 15 is 0 Å². The van der Waals surface area contributed by atoms with Crippen molar-refractivity contribution in [3.63, 3.8) is 0 Å². The van der Waals surface area contributed by atoms with Crippen molar-refractivity contribution in [1.82, 2.24) is 5.32 Å². The Bertz CT molecular complexity index is 828. The van der Waals surface area contributed by atoms with Gasteiger partial charge in [0.15, 0.2) is 0 Å². The predicted octanol–water partition coefficient (Wildman–Crippen LogP) is 5.51. The highest BCUT2D eigenvalue weighted by Gasteiger charge is 2.28. The molecule has 2 heterocycles. The molecule has 0 radical (unpaired) electrons. The number of thiophene rings is 1. The summed E-state index contributed by atoms with van der Waals surface area (Å²) in [5, 5.41) is 8.08. The van der Waals surface area contributed by atoms with Crippen molar-refractivity contribution >= 4 is 28.6 Å². The number of halogens is 1. The minimum atomic E-state index is 0.104. The lowest BCUT2D eigenvalue weighted by Gasteiger charge is -2.34. The van der Waals surface area contributed by atoms with Gasteiger partial charge in [-0.1, -0.05) is 41.9 Å². The summed E-state index contributed by atoms with van der Waals surface area (Å²) >= 11 is 8.05. The molecule has 4 rings (SSSR count). The fourth-order valence-electron chi connectivity index (χ4n) is 3.04. The van der Waals surface area contributed by atoms with E-state index in [9.17, 15) is 0 Å². The Hall–Kier alpha value is -1.81. The van der Waals surface area contributed by atoms with Crippen molar-refractivity contribution < 1.29 is 0 Å². The monoisotopic (exact) mass is 340 g/mol. The summed E-state index contributed by atoms with van der Waals surface area (Å²) in [4.78, 5) is 2.62. The van der Waals surface area contributed by atoms with E-state index in [1.165, 1.54) is 20.9 Å². The first kappa shape index (κ1) is 14.8. The van der Waals surface area contributed by atoms with Crippen LogP contribution in [0.3, 0.4) is 0 Å². The molecule has 1 aliphatic heterocycles. The van der Waals surface area contributed by atoms with E-state index < -0.39 is 0 Å². The van der Waals surface area contributed by atoms with E-state index in [1.54, 1.807) is 0 Å². The molecule has 1 aliphatic rings. The molecule has 2 N–H and O–H groups in total. The summed E-state index contributed by atoms with van der Waals surface area (Å²) in [6.45, 7) is 2.14. The van der Waals surface area contributed by atoms with Crippen LogP contribution in [0.4, 0.5) is 5.69 Å². The third-order valence-corrected chi connectivity index (χ3v) is 5.44. The van der Waals surface area contributed by atoms with Gasteiger partial charge in [-0.05, 0) is 48.4 Å². The molecule has 0 saturated carbocycles. The SMILES string of the molecule is Cc1ccc([C@@H]2Nc3ccc(Cl)cc3[C@H](c3ccccc3)N2)s1. The molecule has 2 atom stereocenters. The molecule has 4 heteroatoms. The quantitative estimate of drug-likeness (QED) is 0.642. The van der Waals surface area contributed by atoms with Crippen LogP contribution in [0.2, 0.25) is 5.02 Å². The third kappa shape index (κ3) is 2.88. The maximum absolute atomic E-state index is 6.23. The van der Waals surface area contributed by atoms with E-state index in [1.807, 2.05) is 29.5 Å². The molecule has 0 bridgehead atoms. The Kier molecular flexibility index (Phi) is 3.85. The molecule has 0 spiro atoms. The van der Waals surface area contributed by atoms with Gasteiger partial charge in [0, 0.05) is 20.5 Å². The van der Waals surface area contributed by atoms with Crippen LogP contribution in [0.15, 0.2) is 60.7 Å². The Balaban J connectivity index is 1.79. The fraction of sp³-hybridized carbons (Fsp3) is 0.158. The first-order valence-corrected chi connectivity index (χ1v) is 8.83. The van der Waals surface area contributed by atoms with Crippen LogP contribution in [0.5, 0.6) is 0 Å². The van der Waals surface area contributed by atoms with Crippen molar-refractivity contribution in [2.45, 2.75) is 19.1 Å². The predicted molar refractivity (Wildman–Crippen MR) is 98.3 cm³/mol. The van der Waals surface area contributed by atoms with Crippen molar-refractivity contribution in [2.75, 3.05) is 5.32 Å². The number of anilines is 1. The molecule has 0 unspecified atom stereocenters. The highest BCUT2D eigenvalue weighted by Crippen LogP contribution is 2.39. The molecule has 0 saturated heterocycles. The zero-order valence-electron chi connectivity index (χ0n) is 12.7. The summed E-state index contributed by atoms with van der Waals surface area (Å²) in [5.41, 5.74) is 3.57. The Labute approximate surface area is 145 Å². The lowest BCUT2D eigenvalue weighted by atomic mass is 9.94. The molecular weight excluding hydrogens is 324 g/mol. The zero-order chi connectivity index (χ0) is 15.8. The molecule has 0 aliphatic carbocycles. The van der Waals surface area contributed by atoms with Gasteiger partial charge in [0.05, 0.1) is 6.04 Å². The van der Waals surface area contributed by atoms with Gasteiger partial charge in [0.1, 0.15) is 6.17 Å². The highest BCUT2D eigenvalue weighted by molar-refractivity contribution is 7.12. The fourth-order valence-corrected chi connectivity index (χ4v) is 4.11. The number of nitrogens with one attached hydrogen (secondary N) is 2. The van der Waals surface area contributed by atoms with Crippen LogP contribution in [0.25, 0.3) is 0 Å². The number of hydrogen-bond donors (Lipinski definition) is 2. The van der Waals surface area contributed by atoms with Gasteiger partial charge >= 0.3 is 0 Å². The van der Waals surface area contributed by atoms with Gasteiger partial charge in [-0.25, -0.2) is 0 Å². The number of rotatable bonds is 2. The van der Waals surface area contributed by atoms with Crippen LogP contribution in [0, 0.1) is 6.92 Å². The second-order valence-corrected chi connectivity index (χ2v) is 7.52. The van der Waals surface area contributed by atoms with Crippen molar-refractivity contribution in [3.05, 3.63) is 86.6 Å². The van der Waals surface area contributed by atoms with Crippen LogP contribution < -0.4 is 10.6 Å². The van der Waals surface area contributed by atoms with E-state index in [0.717, 1.165) is 10.7 Å². The molecule has 2 aromatic carbocycles. The Morgan fingerprint density at radius 3 is 2.57 bits per heavy atom. The molecule has 2 nitrogen and oxygen atoms in total. The molecule has 3 aromatic rings. The molecule has 23 heavy (non-hydrogen) atoms. The second kappa shape index (κ2) is 6.00. The van der Waals surface area contributed by atoms with E-state index in [2.05, 4.69) is 60.0 Å². The highest BCUT2D eigenvalue weighted by atomic mass is 35.5. The van der Waals surface area contributed by atoms with E-state index in [0.29, 0.717) is 0 Å². The minimum absolute atomic E-state index is 0.104. The van der Waals surface area contributed by atoms with E-state index in [-0.39, 0.29) is 12.2 Å². The third-order valence-electron chi connectivity index (χ3n) is 4.14. The molecule has 0 amide bonds. The summed E-state index contributed by atoms with van der Waals surface area (Å²) in [7, 11) is 0. The lowest BCUT2D eigenvalue weighted by Crippen LogP contribution is -2.36. The van der Waals surface area contributed by atoms with Gasteiger partial charge in [-0.3, -0.25) is 5.32 Å². The Morgan fingerprint density at radius 1 is 1.00 bits per heavy atom. The average molecular weight is 341 g/mol. The topological polar surface area (TPSA) is 24.1 Å². The normalized spacial score (nSPS) is 19.9. The largest absolute Gasteiger partial charge is 0.365 e. The standard InChI is InChI=1S/C19H17ClN2S/c1-12-7-10-17(23-12)19-21-16-9-8-14(20)11-15(16)18(22-19)13-5-3-2-4-6-13/h2-11,18-19,21-22H,1H3/t18-,19+/m0/s1. The van der Waals surface area contributed by atoms with Crippen molar-refractivity contribution in [1.29, 1.82) is 0 Å². The van der Waals surface area contributed by atoms with Gasteiger partial charge in [-0.2, -0.15) is 0 Å². The maximum atomic E-state index is 6.23. The Morgan fingerprint density at radius 2 is 1.83 bits per heavy atom. The zero-order valence-corrected chi connectivity index (χ0v) is 14.3. The number of fused-ring (bicyclic) bond motifs is 1. The first-order chi connectivity index (χ1) is 11.2. The lowest BCUT2D eigenvalue weighted by molar-refractivity contribution is 0.512. The summed E-state index contributed by atoms with van der Waals surface area (Å²) in [6, 6.07) is 21.0. The first-order valence-electron chi connectivity index (χ1n) is 7.64. The molecular formula is C19H17ClN2S. The van der Waals surface area contributed by atoms with Gasteiger partial charge in [0.2, 0.25) is 0 Å². The van der Waals surface area contributed by atoms with Crippen LogP contribution in [-0.2, 0) is 0 Å². The smallest absolute Gasteiger partial charge is 0.113 e. The summed E-state index contributed by atoms with van der Waals surface area (Å²) < 4.78 is 0. The number of hydrogen-bond acceptors (Lipinski definition) is 3. The minimum Gasteiger partial charge on any atom is -0.365 e. The molecule has 116 valence electrons. The van der Waals surface area contributed by atoms with Crippen LogP contribution in [-0.4, -0.2) is 0 Å². The molecule has 1 aromatic heterocycles. The summed E-state index contributed by atoms with van der Waals surface area (Å²) in [6.07, 6.45) is 0.104. The van der Waals surface area contributed by atoms with Crippen molar-refractivity contribution in [2.24, 2.45) is 0 Å². The average Bonchev–Trinajstić information content (AvgIpc) is 3.01. The van der Waals surface area contributed by atoms with Gasteiger partial charge < -0.3 is 5.32 Å². The van der Waals surface area contributed by atoms with Crippen LogP contribution in [0.1, 0.15) is 33.1 Å². The van der Waals surface area contributed by atoms with Gasteiger partial charge in [-0.15, -0.1) is 11.3 Å². The van der Waals surface area contributed by atoms with Crippen LogP contribution >= 0.6 is 22.9 Å². The number of aryl methyl sites for hydroxylation is 1. The maximum Gasteiger partial charge on any atom is 0.113 e. The van der Waals surface area contributed by atoms with E-state index in [4.69, 9.17) is 11.6 Å². The van der Waals surface area contributed by atoms with Gasteiger partial charge in [0.25, 0.3) is 0 Å². The summed E-state index contributed by atoms with van der Waals surface area (Å²) in [5.74, 6) is 0. The molecule has 0 fully saturated rings. The second-order valence-electron chi connectivity index (χ2n) is 5.77. The number of benzene rings is 2. The van der Waals surface area contributed by atoms with Crippen molar-refractivity contribution in [3.8, 4) is 0 Å².